The van der Waals surface area contributed by atoms with Crippen molar-refractivity contribution in [2.45, 2.75) is 13.3 Å². The molecule has 0 saturated carbocycles. The van der Waals surface area contributed by atoms with E-state index in [1.165, 1.54) is 24.0 Å². The Kier molecular flexibility index (Phi) is 4.99. The summed E-state index contributed by atoms with van der Waals surface area (Å²) >= 11 is 1.12. The monoisotopic (exact) mass is 338 g/mol. The summed E-state index contributed by atoms with van der Waals surface area (Å²) in [6, 6.07) is 3.40. The molecule has 1 unspecified atom stereocenters. The van der Waals surface area contributed by atoms with Crippen LogP contribution >= 0.6 is 11.8 Å². The third kappa shape index (κ3) is 3.86. The lowest BCUT2D eigenvalue weighted by Gasteiger charge is -2.18. The second-order valence-corrected chi connectivity index (χ2v) is 6.34. The molecule has 1 atom stereocenters. The number of aromatic carboxylic acids is 1. The van der Waals surface area contributed by atoms with Gasteiger partial charge in [0.15, 0.2) is 5.12 Å². The highest BCUT2D eigenvalue weighted by Crippen LogP contribution is 2.32. The van der Waals surface area contributed by atoms with Gasteiger partial charge in [0, 0.05) is 37.8 Å². The largest absolute Gasteiger partial charge is 0.478 e. The van der Waals surface area contributed by atoms with Crippen molar-refractivity contribution in [1.82, 2.24) is 0 Å². The minimum absolute atomic E-state index is 0.0440. The Morgan fingerprint density at radius 1 is 1.48 bits per heavy atom. The van der Waals surface area contributed by atoms with Crippen molar-refractivity contribution in [2.75, 3.05) is 17.2 Å². The molecular weight excluding hydrogens is 324 g/mol. The van der Waals surface area contributed by atoms with Gasteiger partial charge < -0.3 is 10.0 Å². The normalized spacial score (nSPS) is 17.3. The summed E-state index contributed by atoms with van der Waals surface area (Å²) in [6.45, 7) is 1.73. The molecule has 9 heteroatoms. The van der Waals surface area contributed by atoms with Crippen molar-refractivity contribution in [1.29, 1.82) is 0 Å². The molecule has 1 aliphatic rings. The third-order valence-corrected chi connectivity index (χ3v) is 4.48. The van der Waals surface area contributed by atoms with Gasteiger partial charge >= 0.3 is 5.97 Å². The van der Waals surface area contributed by atoms with Gasteiger partial charge in [-0.2, -0.15) is 0 Å². The average Bonchev–Trinajstić information content (AvgIpc) is 2.85. The van der Waals surface area contributed by atoms with Crippen molar-refractivity contribution in [3.8, 4) is 0 Å². The van der Waals surface area contributed by atoms with E-state index in [9.17, 15) is 29.6 Å². The third-order valence-electron chi connectivity index (χ3n) is 3.44. The van der Waals surface area contributed by atoms with E-state index in [-0.39, 0.29) is 46.8 Å². The van der Waals surface area contributed by atoms with Gasteiger partial charge in [0.1, 0.15) is 0 Å². The summed E-state index contributed by atoms with van der Waals surface area (Å²) in [5.41, 5.74) is -0.489. The maximum Gasteiger partial charge on any atom is 0.338 e. The highest BCUT2D eigenvalue weighted by atomic mass is 32.2. The number of carbonyl (C=O) groups excluding carboxylic acids is 2. The van der Waals surface area contributed by atoms with Crippen LogP contribution in [0.4, 0.5) is 11.4 Å². The number of rotatable bonds is 5. The summed E-state index contributed by atoms with van der Waals surface area (Å²) in [4.78, 5) is 45.9. The molecule has 1 amide bonds. The van der Waals surface area contributed by atoms with Crippen LogP contribution in [-0.2, 0) is 9.59 Å². The Balaban J connectivity index is 2.27. The highest BCUT2D eigenvalue weighted by molar-refractivity contribution is 8.13. The predicted octanol–water partition coefficient (Wildman–Crippen LogP) is 1.93. The summed E-state index contributed by atoms with van der Waals surface area (Å²) in [5, 5.41) is 20.0. The molecule has 0 bridgehead atoms. The van der Waals surface area contributed by atoms with Crippen molar-refractivity contribution in [3.63, 3.8) is 0 Å². The van der Waals surface area contributed by atoms with Crippen LogP contribution in [0.1, 0.15) is 23.7 Å². The first-order valence-electron chi connectivity index (χ1n) is 6.75. The molecule has 8 nitrogen and oxygen atoms in total. The molecule has 1 heterocycles. The van der Waals surface area contributed by atoms with Crippen LogP contribution in [0, 0.1) is 16.0 Å². The number of carbonyl (C=O) groups is 3. The summed E-state index contributed by atoms with van der Waals surface area (Å²) in [7, 11) is 0. The van der Waals surface area contributed by atoms with E-state index in [2.05, 4.69) is 0 Å². The summed E-state index contributed by atoms with van der Waals surface area (Å²) in [6.07, 6.45) is 0.219. The van der Waals surface area contributed by atoms with Crippen molar-refractivity contribution >= 4 is 40.1 Å². The van der Waals surface area contributed by atoms with Gasteiger partial charge in [0.2, 0.25) is 5.91 Å². The smallest absolute Gasteiger partial charge is 0.338 e. The quantitative estimate of drug-likeness (QED) is 0.643. The standard InChI is InChI=1S/C14H14N2O6S/c1-8(17)23-7-9-4-13(18)15(6-9)12-3-2-10(16(21)22)5-11(12)14(19)20/h2-3,5,9H,4,6-7H2,1H3,(H,19,20). The van der Waals surface area contributed by atoms with E-state index in [1.807, 2.05) is 0 Å². The van der Waals surface area contributed by atoms with Gasteiger partial charge in [-0.1, -0.05) is 11.8 Å². The Labute approximate surface area is 135 Å². The van der Waals surface area contributed by atoms with Crippen LogP contribution in [0.3, 0.4) is 0 Å². The fourth-order valence-corrected chi connectivity index (χ4v) is 3.10. The molecule has 23 heavy (non-hydrogen) atoms. The molecule has 1 N–H and O–H groups in total. The minimum atomic E-state index is -1.34. The highest BCUT2D eigenvalue weighted by Gasteiger charge is 2.33. The van der Waals surface area contributed by atoms with Crippen LogP contribution in [0.5, 0.6) is 0 Å². The Morgan fingerprint density at radius 3 is 2.74 bits per heavy atom. The number of nitro benzene ring substituents is 1. The number of hydrogen-bond donors (Lipinski definition) is 1. The summed E-state index contributed by atoms with van der Waals surface area (Å²) < 4.78 is 0. The van der Waals surface area contributed by atoms with Crippen LogP contribution in [0.2, 0.25) is 0 Å². The van der Waals surface area contributed by atoms with E-state index in [0.29, 0.717) is 5.75 Å². The van der Waals surface area contributed by atoms with Gasteiger partial charge in [-0.05, 0) is 12.0 Å². The molecule has 2 rings (SSSR count). The van der Waals surface area contributed by atoms with Crippen molar-refractivity contribution in [2.24, 2.45) is 5.92 Å². The maximum absolute atomic E-state index is 12.1. The number of carboxylic acid groups (broad SMARTS) is 1. The zero-order valence-electron chi connectivity index (χ0n) is 12.2. The lowest BCUT2D eigenvalue weighted by Crippen LogP contribution is -2.26. The Bertz CT molecular complexity index is 690. The van der Waals surface area contributed by atoms with Crippen molar-refractivity contribution < 1.29 is 24.4 Å². The molecule has 0 radical (unpaired) electrons. The predicted molar refractivity (Wildman–Crippen MR) is 83.7 cm³/mol. The van der Waals surface area contributed by atoms with Gasteiger partial charge in [-0.25, -0.2) is 4.79 Å². The number of carboxylic acids is 1. The molecule has 1 aliphatic heterocycles. The van der Waals surface area contributed by atoms with E-state index in [0.717, 1.165) is 17.8 Å². The molecular formula is C14H14N2O6S. The van der Waals surface area contributed by atoms with E-state index in [1.54, 1.807) is 0 Å². The van der Waals surface area contributed by atoms with Crippen LogP contribution in [-0.4, -0.2) is 39.3 Å². The topological polar surface area (TPSA) is 118 Å². The average molecular weight is 338 g/mol. The molecule has 122 valence electrons. The first-order valence-corrected chi connectivity index (χ1v) is 7.73. The number of nitrogens with zero attached hydrogens (tertiary/aromatic N) is 2. The maximum atomic E-state index is 12.1. The number of hydrogen-bond acceptors (Lipinski definition) is 6. The number of benzene rings is 1. The van der Waals surface area contributed by atoms with Gasteiger partial charge in [-0.3, -0.25) is 19.7 Å². The number of thioether (sulfide) groups is 1. The molecule has 0 aromatic heterocycles. The van der Waals surface area contributed by atoms with E-state index in [4.69, 9.17) is 0 Å². The molecule has 0 aliphatic carbocycles. The number of non-ortho nitro benzene ring substituents is 1. The number of anilines is 1. The van der Waals surface area contributed by atoms with E-state index < -0.39 is 10.9 Å². The van der Waals surface area contributed by atoms with Gasteiger partial charge in [0.05, 0.1) is 16.2 Å². The fraction of sp³-hybridized carbons (Fsp3) is 0.357. The first-order chi connectivity index (χ1) is 10.8. The second-order valence-electron chi connectivity index (χ2n) is 5.14. The fourth-order valence-electron chi connectivity index (χ4n) is 2.41. The zero-order chi connectivity index (χ0) is 17.1. The van der Waals surface area contributed by atoms with Gasteiger partial charge in [0.25, 0.3) is 5.69 Å². The molecule has 1 saturated heterocycles. The van der Waals surface area contributed by atoms with E-state index >= 15 is 0 Å². The van der Waals surface area contributed by atoms with Crippen LogP contribution in [0.25, 0.3) is 0 Å². The second kappa shape index (κ2) is 6.78. The molecule has 0 spiro atoms. The van der Waals surface area contributed by atoms with Crippen LogP contribution < -0.4 is 4.90 Å². The lowest BCUT2D eigenvalue weighted by atomic mass is 10.1. The Hall–Kier alpha value is -2.42. The van der Waals surface area contributed by atoms with Gasteiger partial charge in [-0.15, -0.1) is 0 Å². The summed E-state index contributed by atoms with van der Waals surface area (Å²) in [5.74, 6) is -1.17. The minimum Gasteiger partial charge on any atom is -0.478 e. The zero-order valence-corrected chi connectivity index (χ0v) is 13.0. The molecule has 1 aromatic rings. The lowest BCUT2D eigenvalue weighted by molar-refractivity contribution is -0.384. The SMILES string of the molecule is CC(=O)SCC1CC(=O)N(c2ccc([N+](=O)[O-])cc2C(=O)O)C1. The van der Waals surface area contributed by atoms with Crippen molar-refractivity contribution in [3.05, 3.63) is 33.9 Å². The first kappa shape index (κ1) is 16.9. The van der Waals surface area contributed by atoms with Crippen LogP contribution in [0.15, 0.2) is 18.2 Å². The molecule has 1 fully saturated rings. The number of nitro groups is 1. The number of amides is 1. The Morgan fingerprint density at radius 2 is 2.17 bits per heavy atom. The molecule has 1 aromatic carbocycles.